The van der Waals surface area contributed by atoms with Crippen molar-refractivity contribution in [2.24, 2.45) is 5.14 Å². The molecule has 1 aliphatic heterocycles. The smallest absolute Gasteiger partial charge is 0.238 e. The summed E-state index contributed by atoms with van der Waals surface area (Å²) >= 11 is 12.2. The summed E-state index contributed by atoms with van der Waals surface area (Å²) in [6.45, 7) is 0. The molecule has 1 atom stereocenters. The highest BCUT2D eigenvalue weighted by Gasteiger charge is 2.36. The lowest BCUT2D eigenvalue weighted by Crippen LogP contribution is -2.42. The van der Waals surface area contributed by atoms with E-state index in [1.165, 1.54) is 12.1 Å². The average Bonchev–Trinajstić information content (AvgIpc) is 2.94. The molecule has 0 bridgehead atoms. The Hall–Kier alpha value is -2.08. The van der Waals surface area contributed by atoms with Crippen LogP contribution in [0.2, 0.25) is 5.02 Å². The minimum Gasteiger partial charge on any atom is -0.274 e. The monoisotopic (exact) mass is 394 g/mol. The van der Waals surface area contributed by atoms with Gasteiger partial charge in [0.1, 0.15) is 6.07 Å². The second-order valence-electron chi connectivity index (χ2n) is 5.35. The molecule has 0 spiro atoms. The van der Waals surface area contributed by atoms with E-state index in [4.69, 9.17) is 28.3 Å². The SMILES string of the molecule is N#CC1(Cl)C=C(c2ccc(Cl)cc2)N(c2ccc(S(N)(=O)=O)cc2)N1. The van der Waals surface area contributed by atoms with Crippen molar-refractivity contribution >= 4 is 44.6 Å². The van der Waals surface area contributed by atoms with Crippen molar-refractivity contribution in [3.8, 4) is 6.07 Å². The lowest BCUT2D eigenvalue weighted by molar-refractivity contribution is 0.598. The molecule has 1 aliphatic rings. The highest BCUT2D eigenvalue weighted by Crippen LogP contribution is 2.35. The first-order valence-electron chi connectivity index (χ1n) is 7.02. The number of benzene rings is 2. The number of halogens is 2. The molecule has 3 N–H and O–H groups in total. The van der Waals surface area contributed by atoms with Gasteiger partial charge in [-0.2, -0.15) is 10.7 Å². The normalized spacial score (nSPS) is 20.2. The number of primary sulfonamides is 1. The number of nitrogens with zero attached hydrogens (tertiary/aromatic N) is 2. The van der Waals surface area contributed by atoms with Gasteiger partial charge in [0.15, 0.2) is 0 Å². The van der Waals surface area contributed by atoms with Crippen molar-refractivity contribution in [3.63, 3.8) is 0 Å². The third kappa shape index (κ3) is 3.63. The zero-order valence-electron chi connectivity index (χ0n) is 12.6. The number of hydrogen-bond acceptors (Lipinski definition) is 5. The third-order valence-corrected chi connectivity index (χ3v) is 5.04. The van der Waals surface area contributed by atoms with Crippen LogP contribution in [0, 0.1) is 11.3 Å². The summed E-state index contributed by atoms with van der Waals surface area (Å²) in [4.78, 5) is -1.43. The maximum Gasteiger partial charge on any atom is 0.238 e. The van der Waals surface area contributed by atoms with Crippen LogP contribution in [0.4, 0.5) is 5.69 Å². The lowest BCUT2D eigenvalue weighted by atomic mass is 10.1. The van der Waals surface area contributed by atoms with Crippen molar-refractivity contribution in [1.82, 2.24) is 5.43 Å². The fourth-order valence-electron chi connectivity index (χ4n) is 2.39. The molecule has 0 amide bonds. The van der Waals surface area contributed by atoms with Crippen molar-refractivity contribution in [1.29, 1.82) is 5.26 Å². The molecule has 0 saturated heterocycles. The lowest BCUT2D eigenvalue weighted by Gasteiger charge is -2.25. The van der Waals surface area contributed by atoms with E-state index in [-0.39, 0.29) is 4.90 Å². The van der Waals surface area contributed by atoms with Crippen LogP contribution in [0.3, 0.4) is 0 Å². The van der Waals surface area contributed by atoms with E-state index >= 15 is 0 Å². The molecule has 0 saturated carbocycles. The predicted octanol–water partition coefficient (Wildman–Crippen LogP) is 2.81. The maximum absolute atomic E-state index is 11.4. The molecule has 0 radical (unpaired) electrons. The number of anilines is 1. The number of rotatable bonds is 3. The van der Waals surface area contributed by atoms with E-state index in [0.29, 0.717) is 16.4 Å². The van der Waals surface area contributed by atoms with Crippen LogP contribution < -0.4 is 15.6 Å². The fraction of sp³-hybridized carbons (Fsp3) is 0.0625. The van der Waals surface area contributed by atoms with Crippen LogP contribution in [-0.2, 0) is 10.0 Å². The fourth-order valence-corrected chi connectivity index (χ4v) is 3.22. The number of nitrogens with one attached hydrogen (secondary N) is 1. The standard InChI is InChI=1S/C16H12Cl2N4O2S/c17-12-3-1-11(2-4-12)15-9-16(18,10-19)21-22(15)13-5-7-14(8-6-13)25(20,23)24/h1-9,21H,(H2,20,23,24). The first-order valence-corrected chi connectivity index (χ1v) is 9.32. The number of hydrazine groups is 1. The predicted molar refractivity (Wildman–Crippen MR) is 97.1 cm³/mol. The van der Waals surface area contributed by atoms with Gasteiger partial charge in [0.05, 0.1) is 16.3 Å². The third-order valence-electron chi connectivity index (χ3n) is 3.58. The summed E-state index contributed by atoms with van der Waals surface area (Å²) in [6, 6.07) is 14.9. The van der Waals surface area contributed by atoms with Crippen LogP contribution >= 0.6 is 23.2 Å². The largest absolute Gasteiger partial charge is 0.274 e. The van der Waals surface area contributed by atoms with Gasteiger partial charge in [0, 0.05) is 5.02 Å². The van der Waals surface area contributed by atoms with E-state index in [1.54, 1.807) is 47.5 Å². The zero-order chi connectivity index (χ0) is 18.2. The van der Waals surface area contributed by atoms with E-state index in [2.05, 4.69) is 5.43 Å². The minimum atomic E-state index is -3.79. The Labute approximate surface area is 155 Å². The molecule has 2 aromatic rings. The van der Waals surface area contributed by atoms with Gasteiger partial charge in [-0.15, -0.1) is 0 Å². The van der Waals surface area contributed by atoms with E-state index in [9.17, 15) is 13.7 Å². The Kier molecular flexibility index (Phi) is 4.49. The van der Waals surface area contributed by atoms with Gasteiger partial charge in [0.2, 0.25) is 15.0 Å². The first-order chi connectivity index (χ1) is 11.7. The van der Waals surface area contributed by atoms with Gasteiger partial charge >= 0.3 is 0 Å². The van der Waals surface area contributed by atoms with Crippen LogP contribution in [-0.4, -0.2) is 13.4 Å². The Balaban J connectivity index is 2.03. The van der Waals surface area contributed by atoms with Crippen molar-refractivity contribution < 1.29 is 8.42 Å². The summed E-state index contributed by atoms with van der Waals surface area (Å²) in [5, 5.41) is 16.6. The molecule has 0 fully saturated rings. The molecule has 1 heterocycles. The molecule has 2 aromatic carbocycles. The Morgan fingerprint density at radius 3 is 2.24 bits per heavy atom. The van der Waals surface area contributed by atoms with Crippen molar-refractivity contribution in [3.05, 3.63) is 65.2 Å². The first kappa shape index (κ1) is 17.7. The molecule has 0 aromatic heterocycles. The average molecular weight is 395 g/mol. The molecule has 128 valence electrons. The molecular weight excluding hydrogens is 383 g/mol. The van der Waals surface area contributed by atoms with Crippen LogP contribution in [0.25, 0.3) is 5.70 Å². The van der Waals surface area contributed by atoms with Crippen LogP contribution in [0.5, 0.6) is 0 Å². The van der Waals surface area contributed by atoms with Crippen molar-refractivity contribution in [2.45, 2.75) is 9.89 Å². The van der Waals surface area contributed by atoms with Crippen molar-refractivity contribution in [2.75, 3.05) is 5.01 Å². The van der Waals surface area contributed by atoms with Crippen LogP contribution in [0.1, 0.15) is 5.56 Å². The van der Waals surface area contributed by atoms with Gasteiger partial charge in [0.25, 0.3) is 0 Å². The molecule has 3 rings (SSSR count). The Morgan fingerprint density at radius 2 is 1.72 bits per heavy atom. The van der Waals surface area contributed by atoms with Crippen LogP contribution in [0.15, 0.2) is 59.5 Å². The Bertz CT molecular complexity index is 982. The summed E-state index contributed by atoms with van der Waals surface area (Å²) in [5.74, 6) is 0. The number of alkyl halides is 1. The second kappa shape index (κ2) is 6.33. The summed E-state index contributed by atoms with van der Waals surface area (Å²) < 4.78 is 22.8. The highest BCUT2D eigenvalue weighted by molar-refractivity contribution is 7.89. The van der Waals surface area contributed by atoms with Gasteiger partial charge in [-0.25, -0.2) is 13.6 Å². The topological polar surface area (TPSA) is 99.2 Å². The number of nitrogens with two attached hydrogens (primary N) is 1. The van der Waals surface area contributed by atoms with Gasteiger partial charge in [-0.05, 0) is 48.0 Å². The number of sulfonamides is 1. The summed E-state index contributed by atoms with van der Waals surface area (Å²) in [7, 11) is -3.79. The molecule has 9 heteroatoms. The maximum atomic E-state index is 11.4. The van der Waals surface area contributed by atoms with Gasteiger partial charge in [-0.3, -0.25) is 5.01 Å². The van der Waals surface area contributed by atoms with E-state index in [1.807, 2.05) is 6.07 Å². The number of hydrogen-bond donors (Lipinski definition) is 2. The molecule has 25 heavy (non-hydrogen) atoms. The minimum absolute atomic E-state index is 0.00936. The molecular formula is C16H12Cl2N4O2S. The van der Waals surface area contributed by atoms with Gasteiger partial charge in [-0.1, -0.05) is 35.3 Å². The molecule has 1 unspecified atom stereocenters. The Morgan fingerprint density at radius 1 is 1.12 bits per heavy atom. The number of nitriles is 1. The van der Waals surface area contributed by atoms with Gasteiger partial charge < -0.3 is 0 Å². The zero-order valence-corrected chi connectivity index (χ0v) is 15.0. The molecule has 6 nitrogen and oxygen atoms in total. The van der Waals surface area contributed by atoms with E-state index in [0.717, 1.165) is 5.56 Å². The summed E-state index contributed by atoms with van der Waals surface area (Å²) in [5.41, 5.74) is 4.89. The highest BCUT2D eigenvalue weighted by atomic mass is 35.5. The summed E-state index contributed by atoms with van der Waals surface area (Å²) in [6.07, 6.45) is 1.57. The quantitative estimate of drug-likeness (QED) is 0.615. The second-order valence-corrected chi connectivity index (χ2v) is 7.94. The molecule has 0 aliphatic carbocycles. The van der Waals surface area contributed by atoms with E-state index < -0.39 is 15.0 Å².